The number of hydrogen-bond acceptors (Lipinski definition) is 3. The molecule has 2 unspecified atom stereocenters. The average Bonchev–Trinajstić information content (AvgIpc) is 2.75. The number of aliphatic hydroxyl groups excluding tert-OH is 1. The Morgan fingerprint density at radius 3 is 3.15 bits per heavy atom. The summed E-state index contributed by atoms with van der Waals surface area (Å²) in [5.74, 6) is 1.16. The fourth-order valence-electron chi connectivity index (χ4n) is 3.93. The summed E-state index contributed by atoms with van der Waals surface area (Å²) < 4.78 is 6.17. The quantitative estimate of drug-likeness (QED) is 0.799. The normalized spacial score (nSPS) is 35.8. The van der Waals surface area contributed by atoms with Crippen LogP contribution in [0, 0.1) is 16.7 Å². The first-order valence-electron chi connectivity index (χ1n) is 7.80. The minimum atomic E-state index is -0.222. The van der Waals surface area contributed by atoms with Crippen molar-refractivity contribution in [2.75, 3.05) is 0 Å². The molecule has 0 fully saturated rings. The highest BCUT2D eigenvalue weighted by molar-refractivity contribution is 5.45. The number of ether oxygens (including phenoxy) is 1. The molecule has 0 radical (unpaired) electrons. The molecule has 1 N–H and O–H groups in total. The Labute approximate surface area is 120 Å². The van der Waals surface area contributed by atoms with Crippen molar-refractivity contribution in [3.63, 3.8) is 0 Å². The zero-order chi connectivity index (χ0) is 14.2. The molecule has 1 aliphatic heterocycles. The molecule has 0 saturated heterocycles. The zero-order valence-electron chi connectivity index (χ0n) is 12.2. The van der Waals surface area contributed by atoms with Gasteiger partial charge in [0.15, 0.2) is 0 Å². The van der Waals surface area contributed by atoms with Crippen LogP contribution in [-0.4, -0.2) is 17.3 Å². The lowest BCUT2D eigenvalue weighted by Crippen LogP contribution is -2.35. The molecule has 0 amide bonds. The molecule has 3 nitrogen and oxygen atoms in total. The van der Waals surface area contributed by atoms with Crippen molar-refractivity contribution in [1.29, 1.82) is 5.26 Å². The largest absolute Gasteiger partial charge is 0.494 e. The molecule has 3 atom stereocenters. The Kier molecular flexibility index (Phi) is 3.60. The van der Waals surface area contributed by atoms with Crippen LogP contribution in [-0.2, 0) is 4.74 Å². The second-order valence-electron chi connectivity index (χ2n) is 6.52. The van der Waals surface area contributed by atoms with Crippen molar-refractivity contribution in [2.45, 2.75) is 70.5 Å². The molecule has 0 saturated carbocycles. The van der Waals surface area contributed by atoms with Gasteiger partial charge in [0.2, 0.25) is 0 Å². The van der Waals surface area contributed by atoms with Crippen LogP contribution >= 0.6 is 0 Å². The Balaban J connectivity index is 1.72. The summed E-state index contributed by atoms with van der Waals surface area (Å²) in [7, 11) is 0. The molecule has 0 aromatic heterocycles. The summed E-state index contributed by atoms with van der Waals surface area (Å²) in [6.07, 6.45) is 9.69. The summed E-state index contributed by atoms with van der Waals surface area (Å²) in [5.41, 5.74) is 2.67. The van der Waals surface area contributed by atoms with Crippen LogP contribution in [0.2, 0.25) is 0 Å². The lowest BCUT2D eigenvalue weighted by Gasteiger charge is -2.41. The van der Waals surface area contributed by atoms with Gasteiger partial charge in [-0.25, -0.2) is 0 Å². The molecule has 3 heteroatoms. The van der Waals surface area contributed by atoms with Gasteiger partial charge in [-0.05, 0) is 49.7 Å². The van der Waals surface area contributed by atoms with E-state index in [-0.39, 0.29) is 11.5 Å². The third-order valence-electron chi connectivity index (χ3n) is 5.27. The number of hydrogen-bond donors (Lipinski definition) is 1. The van der Waals surface area contributed by atoms with E-state index in [1.165, 1.54) is 11.1 Å². The molecule has 2 aliphatic carbocycles. The minimum absolute atomic E-state index is 0.0458. The van der Waals surface area contributed by atoms with Crippen molar-refractivity contribution >= 4 is 0 Å². The summed E-state index contributed by atoms with van der Waals surface area (Å²) in [4.78, 5) is 0. The molecule has 3 rings (SSSR count). The van der Waals surface area contributed by atoms with Crippen LogP contribution in [0.25, 0.3) is 0 Å². The van der Waals surface area contributed by atoms with Crippen LogP contribution < -0.4 is 0 Å². The molecule has 0 aromatic rings. The molecule has 0 bridgehead atoms. The van der Waals surface area contributed by atoms with Crippen LogP contribution in [0.1, 0.15) is 58.3 Å². The molecular formula is C17H23NO2. The zero-order valence-corrected chi connectivity index (χ0v) is 12.2. The summed E-state index contributed by atoms with van der Waals surface area (Å²) >= 11 is 0. The van der Waals surface area contributed by atoms with Crippen molar-refractivity contribution in [3.8, 4) is 6.07 Å². The maximum Gasteiger partial charge on any atom is 0.0999 e. The molecule has 108 valence electrons. The Morgan fingerprint density at radius 2 is 2.35 bits per heavy atom. The molecule has 0 spiro atoms. The van der Waals surface area contributed by atoms with Crippen LogP contribution in [0.15, 0.2) is 23.0 Å². The monoisotopic (exact) mass is 273 g/mol. The first kappa shape index (κ1) is 13.7. The van der Waals surface area contributed by atoms with E-state index in [4.69, 9.17) is 10.00 Å². The SMILES string of the molecule is CC12CCC3=C(CCC(CCCC#N)O3)C1=CC[C@H]2O. The van der Waals surface area contributed by atoms with Crippen LogP contribution in [0.5, 0.6) is 0 Å². The Bertz CT molecular complexity index is 500. The van der Waals surface area contributed by atoms with Crippen LogP contribution in [0.3, 0.4) is 0 Å². The maximum absolute atomic E-state index is 10.2. The summed E-state index contributed by atoms with van der Waals surface area (Å²) in [5, 5.41) is 18.8. The van der Waals surface area contributed by atoms with Crippen LogP contribution in [0.4, 0.5) is 0 Å². The molecule has 3 aliphatic rings. The van der Waals surface area contributed by atoms with E-state index in [1.54, 1.807) is 0 Å². The van der Waals surface area contributed by atoms with Gasteiger partial charge in [-0.1, -0.05) is 13.0 Å². The van der Waals surface area contributed by atoms with E-state index < -0.39 is 0 Å². The van der Waals surface area contributed by atoms with E-state index in [0.717, 1.165) is 50.7 Å². The van der Waals surface area contributed by atoms with Gasteiger partial charge in [0.1, 0.15) is 0 Å². The highest BCUT2D eigenvalue weighted by atomic mass is 16.5. The second-order valence-corrected chi connectivity index (χ2v) is 6.52. The molecule has 1 heterocycles. The summed E-state index contributed by atoms with van der Waals surface area (Å²) in [6, 6.07) is 2.20. The van der Waals surface area contributed by atoms with Gasteiger partial charge in [0.25, 0.3) is 0 Å². The third kappa shape index (κ3) is 2.16. The van der Waals surface area contributed by atoms with E-state index in [9.17, 15) is 5.11 Å². The van der Waals surface area contributed by atoms with Gasteiger partial charge < -0.3 is 9.84 Å². The Hall–Kier alpha value is -1.27. The van der Waals surface area contributed by atoms with Crippen molar-refractivity contribution in [2.24, 2.45) is 5.41 Å². The van der Waals surface area contributed by atoms with Crippen molar-refractivity contribution in [3.05, 3.63) is 23.0 Å². The number of nitrogens with zero attached hydrogens (tertiary/aromatic N) is 1. The third-order valence-corrected chi connectivity index (χ3v) is 5.27. The van der Waals surface area contributed by atoms with E-state index in [1.807, 2.05) is 0 Å². The van der Waals surface area contributed by atoms with E-state index >= 15 is 0 Å². The van der Waals surface area contributed by atoms with Gasteiger partial charge in [-0.3, -0.25) is 0 Å². The fraction of sp³-hybridized carbons (Fsp3) is 0.706. The topological polar surface area (TPSA) is 53.2 Å². The number of nitriles is 1. The fourth-order valence-corrected chi connectivity index (χ4v) is 3.93. The smallest absolute Gasteiger partial charge is 0.0999 e. The van der Waals surface area contributed by atoms with E-state index in [0.29, 0.717) is 12.5 Å². The van der Waals surface area contributed by atoms with Crippen molar-refractivity contribution < 1.29 is 9.84 Å². The van der Waals surface area contributed by atoms with E-state index in [2.05, 4.69) is 19.1 Å². The number of aliphatic hydroxyl groups is 1. The first-order chi connectivity index (χ1) is 9.65. The molecule has 0 aromatic carbocycles. The van der Waals surface area contributed by atoms with Gasteiger partial charge in [0, 0.05) is 18.3 Å². The second kappa shape index (κ2) is 5.26. The molecule has 20 heavy (non-hydrogen) atoms. The Morgan fingerprint density at radius 1 is 1.50 bits per heavy atom. The average molecular weight is 273 g/mol. The predicted molar refractivity (Wildman–Crippen MR) is 76.6 cm³/mol. The van der Waals surface area contributed by atoms with Gasteiger partial charge in [-0.2, -0.15) is 5.26 Å². The molecular weight excluding hydrogens is 250 g/mol. The van der Waals surface area contributed by atoms with Gasteiger partial charge in [-0.15, -0.1) is 0 Å². The lowest BCUT2D eigenvalue weighted by atomic mass is 9.69. The number of fused-ring (bicyclic) bond motifs is 2. The first-order valence-corrected chi connectivity index (χ1v) is 7.80. The standard InChI is InChI=1S/C17H23NO2/c1-17-10-9-15-13(14(17)7-8-16(17)19)6-5-12(20-15)4-2-3-11-18/h7,12,16,19H,2-6,8-10H2,1H3/t12?,16-,17?/m1/s1. The van der Waals surface area contributed by atoms with Gasteiger partial charge in [0.05, 0.1) is 24.0 Å². The lowest BCUT2D eigenvalue weighted by molar-refractivity contribution is 0.0388. The van der Waals surface area contributed by atoms with Crippen molar-refractivity contribution in [1.82, 2.24) is 0 Å². The number of rotatable bonds is 3. The predicted octanol–water partition coefficient (Wildman–Crippen LogP) is 3.60. The highest BCUT2D eigenvalue weighted by Crippen LogP contribution is 2.53. The maximum atomic E-state index is 10.2. The highest BCUT2D eigenvalue weighted by Gasteiger charge is 2.46. The minimum Gasteiger partial charge on any atom is -0.494 e. The van der Waals surface area contributed by atoms with Gasteiger partial charge >= 0.3 is 0 Å². The number of unbranched alkanes of at least 4 members (excludes halogenated alkanes) is 1. The summed E-state index contributed by atoms with van der Waals surface area (Å²) in [6.45, 7) is 2.19. The number of allylic oxidation sites excluding steroid dienone is 2.